The van der Waals surface area contributed by atoms with Gasteiger partial charge in [-0.1, -0.05) is 52.4 Å². The first-order valence-corrected chi connectivity index (χ1v) is 15.6. The average molecular weight is 673 g/mol. The van der Waals surface area contributed by atoms with Crippen molar-refractivity contribution >= 4 is 75.4 Å². The lowest BCUT2D eigenvalue weighted by Crippen LogP contribution is -2.32. The summed E-state index contributed by atoms with van der Waals surface area (Å²) in [5.41, 5.74) is 1.55. The molecule has 1 saturated heterocycles. The predicted molar refractivity (Wildman–Crippen MR) is 169 cm³/mol. The summed E-state index contributed by atoms with van der Waals surface area (Å²) in [5, 5.41) is 3.16. The minimum atomic E-state index is -0.776. The van der Waals surface area contributed by atoms with Gasteiger partial charge in [-0.15, -0.1) is 0 Å². The van der Waals surface area contributed by atoms with Crippen LogP contribution >= 0.6 is 46.3 Å². The molecule has 3 atom stereocenters. The van der Waals surface area contributed by atoms with Gasteiger partial charge in [-0.05, 0) is 60.2 Å². The standard InChI is InChI=1S/C30H23Cl2N3O7S2/c1-40-17-7-5-16(6-8-17)35-28(37)24-23(25-27(34-30(39)44-25)43-26(24)29(35)38)14-3-10-20(21(11-14)41-2)42-13-22(36)33-15-4-9-18(31)19(32)12-15/h3-12,23-24,26H,13H2,1-2H3,(H,33,36)(H,34,39)/t23-,24?,26?/m1/s1. The number of thioether (sulfide) groups is 1. The third-order valence-corrected chi connectivity index (χ3v) is 10.4. The van der Waals surface area contributed by atoms with E-state index < -0.39 is 23.0 Å². The number of benzene rings is 3. The molecule has 6 rings (SSSR count). The predicted octanol–water partition coefficient (Wildman–Crippen LogP) is 5.57. The number of rotatable bonds is 8. The summed E-state index contributed by atoms with van der Waals surface area (Å²) < 4.78 is 16.6. The van der Waals surface area contributed by atoms with Crippen molar-refractivity contribution in [3.05, 3.63) is 90.8 Å². The van der Waals surface area contributed by atoms with Crippen LogP contribution in [0.5, 0.6) is 17.2 Å². The smallest absolute Gasteiger partial charge is 0.305 e. The third kappa shape index (κ3) is 5.54. The van der Waals surface area contributed by atoms with Crippen molar-refractivity contribution in [1.29, 1.82) is 0 Å². The van der Waals surface area contributed by atoms with Crippen molar-refractivity contribution < 1.29 is 28.6 Å². The molecular weight excluding hydrogens is 649 g/mol. The van der Waals surface area contributed by atoms with Gasteiger partial charge in [0, 0.05) is 16.5 Å². The highest BCUT2D eigenvalue weighted by molar-refractivity contribution is 8.00. The summed E-state index contributed by atoms with van der Waals surface area (Å²) in [7, 11) is 2.99. The lowest BCUT2D eigenvalue weighted by atomic mass is 9.83. The summed E-state index contributed by atoms with van der Waals surface area (Å²) in [6, 6.07) is 16.5. The van der Waals surface area contributed by atoms with Crippen LogP contribution in [0.3, 0.4) is 0 Å². The molecule has 10 nitrogen and oxygen atoms in total. The van der Waals surface area contributed by atoms with Crippen molar-refractivity contribution in [3.63, 3.8) is 0 Å². The second-order valence-corrected chi connectivity index (χ2v) is 12.8. The third-order valence-electron chi connectivity index (χ3n) is 7.26. The molecule has 0 bridgehead atoms. The van der Waals surface area contributed by atoms with E-state index in [1.165, 1.54) is 36.9 Å². The fraction of sp³-hybridized carbons (Fsp3) is 0.200. The minimum absolute atomic E-state index is 0.278. The lowest BCUT2D eigenvalue weighted by molar-refractivity contribution is -0.122. The number of aromatic nitrogens is 1. The number of anilines is 2. The van der Waals surface area contributed by atoms with Gasteiger partial charge in [0.2, 0.25) is 11.8 Å². The van der Waals surface area contributed by atoms with E-state index in [9.17, 15) is 19.2 Å². The van der Waals surface area contributed by atoms with Gasteiger partial charge in [-0.25, -0.2) is 4.90 Å². The molecule has 3 amide bonds. The highest BCUT2D eigenvalue weighted by Crippen LogP contribution is 2.53. The number of hydrogen-bond donors (Lipinski definition) is 2. The molecule has 0 radical (unpaired) electrons. The molecule has 0 spiro atoms. The largest absolute Gasteiger partial charge is 0.497 e. The van der Waals surface area contributed by atoms with Gasteiger partial charge in [-0.2, -0.15) is 0 Å². The zero-order valence-electron chi connectivity index (χ0n) is 23.1. The van der Waals surface area contributed by atoms with E-state index in [4.69, 9.17) is 37.4 Å². The second-order valence-electron chi connectivity index (χ2n) is 9.84. The normalized spacial score (nSPS) is 18.9. The second kappa shape index (κ2) is 12.2. The van der Waals surface area contributed by atoms with Crippen LogP contribution in [-0.4, -0.2) is 48.8 Å². The Morgan fingerprint density at radius 1 is 0.932 bits per heavy atom. The Morgan fingerprint density at radius 2 is 1.70 bits per heavy atom. The van der Waals surface area contributed by atoms with E-state index in [1.807, 2.05) is 0 Å². The van der Waals surface area contributed by atoms with E-state index in [0.717, 1.165) is 11.3 Å². The molecule has 4 aromatic rings. The highest BCUT2D eigenvalue weighted by atomic mass is 35.5. The van der Waals surface area contributed by atoms with E-state index in [2.05, 4.69) is 10.3 Å². The molecule has 2 N–H and O–H groups in total. The number of amides is 3. The first-order valence-electron chi connectivity index (χ1n) is 13.2. The van der Waals surface area contributed by atoms with E-state index in [1.54, 1.807) is 54.6 Å². The molecule has 14 heteroatoms. The molecule has 226 valence electrons. The number of imide groups is 1. The number of fused-ring (bicyclic) bond motifs is 2. The van der Waals surface area contributed by atoms with Crippen molar-refractivity contribution in [2.45, 2.75) is 16.2 Å². The van der Waals surface area contributed by atoms with Crippen LogP contribution in [0, 0.1) is 5.92 Å². The Kier molecular flexibility index (Phi) is 8.34. The first kappa shape index (κ1) is 30.1. The Hall–Kier alpha value is -3.97. The Bertz CT molecular complexity index is 1840. The summed E-state index contributed by atoms with van der Waals surface area (Å²) >= 11 is 14.2. The molecule has 0 saturated carbocycles. The van der Waals surface area contributed by atoms with Gasteiger partial charge in [-0.3, -0.25) is 19.2 Å². The summed E-state index contributed by atoms with van der Waals surface area (Å²) in [4.78, 5) is 57.0. The number of H-pyrrole nitrogens is 1. The maximum atomic E-state index is 14.0. The van der Waals surface area contributed by atoms with Gasteiger partial charge in [0.1, 0.15) is 11.0 Å². The number of ether oxygens (including phenoxy) is 3. The van der Waals surface area contributed by atoms with Crippen LogP contribution in [0.2, 0.25) is 10.0 Å². The molecule has 1 fully saturated rings. The molecule has 0 aliphatic carbocycles. The van der Waals surface area contributed by atoms with E-state index >= 15 is 0 Å². The molecule has 3 heterocycles. The Balaban J connectivity index is 1.28. The van der Waals surface area contributed by atoms with E-state index in [0.29, 0.717) is 54.1 Å². The summed E-state index contributed by atoms with van der Waals surface area (Å²) in [6.45, 7) is -0.325. The fourth-order valence-corrected chi connectivity index (χ4v) is 8.09. The number of carbonyl (C=O) groups is 3. The van der Waals surface area contributed by atoms with E-state index in [-0.39, 0.29) is 23.3 Å². The lowest BCUT2D eigenvalue weighted by Gasteiger charge is -2.30. The highest BCUT2D eigenvalue weighted by Gasteiger charge is 2.56. The van der Waals surface area contributed by atoms with Gasteiger partial charge in [0.15, 0.2) is 18.1 Å². The quantitative estimate of drug-likeness (QED) is 0.233. The zero-order valence-corrected chi connectivity index (χ0v) is 26.2. The molecule has 1 aromatic heterocycles. The zero-order chi connectivity index (χ0) is 31.1. The van der Waals surface area contributed by atoms with Gasteiger partial charge < -0.3 is 24.5 Å². The Morgan fingerprint density at radius 3 is 2.41 bits per heavy atom. The fourth-order valence-electron chi connectivity index (χ4n) is 5.27. The SMILES string of the molecule is COc1ccc(N2C(=O)C3Sc4[nH]c(=O)sc4[C@H](c4ccc(OCC(=O)Nc5ccc(Cl)c(Cl)c5)c(OC)c4)C3C2=O)cc1. The maximum Gasteiger partial charge on any atom is 0.305 e. The number of carbonyl (C=O) groups excluding carboxylic acids is 3. The summed E-state index contributed by atoms with van der Waals surface area (Å²) in [6.07, 6.45) is 0. The van der Waals surface area contributed by atoms with Crippen LogP contribution in [-0.2, 0) is 14.4 Å². The van der Waals surface area contributed by atoms with Crippen molar-refractivity contribution in [3.8, 4) is 17.2 Å². The van der Waals surface area contributed by atoms with Crippen molar-refractivity contribution in [2.24, 2.45) is 5.92 Å². The van der Waals surface area contributed by atoms with Gasteiger partial charge in [0.05, 0.1) is 40.9 Å². The number of hydrogen-bond acceptors (Lipinski definition) is 9. The number of halogens is 2. The molecule has 2 aliphatic heterocycles. The van der Waals surface area contributed by atoms with Crippen LogP contribution in [0.1, 0.15) is 16.4 Å². The van der Waals surface area contributed by atoms with Crippen LogP contribution in [0.4, 0.5) is 11.4 Å². The molecule has 2 aliphatic rings. The number of nitrogens with zero attached hydrogens (tertiary/aromatic N) is 1. The number of aromatic amines is 1. The topological polar surface area (TPSA) is 127 Å². The first-order chi connectivity index (χ1) is 21.2. The van der Waals surface area contributed by atoms with Crippen molar-refractivity contribution in [2.75, 3.05) is 31.0 Å². The van der Waals surface area contributed by atoms with Crippen LogP contribution < -0.4 is 29.3 Å². The number of thiazole rings is 1. The average Bonchev–Trinajstić information content (AvgIpc) is 3.51. The maximum absolute atomic E-state index is 14.0. The molecule has 2 unspecified atom stereocenters. The molecule has 3 aromatic carbocycles. The summed E-state index contributed by atoms with van der Waals surface area (Å²) in [5.74, 6) is -1.35. The molecular formula is C30H23Cl2N3O7S2. The van der Waals surface area contributed by atoms with Crippen LogP contribution in [0.25, 0.3) is 0 Å². The van der Waals surface area contributed by atoms with Crippen molar-refractivity contribution in [1.82, 2.24) is 4.98 Å². The van der Waals surface area contributed by atoms with Gasteiger partial charge in [0.25, 0.3) is 5.91 Å². The number of nitrogens with one attached hydrogen (secondary N) is 2. The minimum Gasteiger partial charge on any atom is -0.497 e. The molecule has 44 heavy (non-hydrogen) atoms. The monoisotopic (exact) mass is 671 g/mol. The van der Waals surface area contributed by atoms with Crippen LogP contribution in [0.15, 0.2) is 70.5 Å². The Labute approximate surface area is 269 Å². The number of methoxy groups -OCH3 is 2. The van der Waals surface area contributed by atoms with Gasteiger partial charge >= 0.3 is 4.87 Å².